The Morgan fingerprint density at radius 1 is 0.969 bits per heavy atom. The van der Waals surface area contributed by atoms with Gasteiger partial charge in [0.2, 0.25) is 0 Å². The fourth-order valence-electron chi connectivity index (χ4n) is 4.67. The minimum absolute atomic E-state index is 0.0228. The molecular formula is C26H24N4O2. The number of piperidine rings is 1. The average molecular weight is 425 g/mol. The lowest BCUT2D eigenvalue weighted by Gasteiger charge is -2.34. The van der Waals surface area contributed by atoms with Gasteiger partial charge in [0, 0.05) is 31.1 Å². The Balaban J connectivity index is 1.60. The minimum atomic E-state index is -0.371. The fraction of sp³-hybridized carbons (Fsp3) is 0.192. The van der Waals surface area contributed by atoms with Crippen LogP contribution in [-0.2, 0) is 0 Å². The van der Waals surface area contributed by atoms with Crippen molar-refractivity contribution in [1.29, 1.82) is 0 Å². The van der Waals surface area contributed by atoms with Crippen LogP contribution in [0.25, 0.3) is 6.08 Å². The molecule has 0 radical (unpaired) electrons. The zero-order valence-corrected chi connectivity index (χ0v) is 17.8. The number of likely N-dealkylation sites (tertiary alicyclic amines) is 1. The summed E-state index contributed by atoms with van der Waals surface area (Å²) in [7, 11) is 2.15. The summed E-state index contributed by atoms with van der Waals surface area (Å²) in [6.07, 6.45) is 2.23. The molecule has 0 N–H and O–H groups in total. The first-order valence-corrected chi connectivity index (χ1v) is 10.7. The molecule has 5 rings (SSSR count). The molecule has 0 aromatic heterocycles. The maximum absolute atomic E-state index is 11.1. The van der Waals surface area contributed by atoms with E-state index in [1.54, 1.807) is 24.3 Å². The SMILES string of the molecule is CN1C/C(=C/c2ccccc2)C2=NN(c3ccc([N+](=O)[O-])cc3)[C@@H](c3ccccc3)[C@@H]2C1. The molecule has 2 aliphatic rings. The summed E-state index contributed by atoms with van der Waals surface area (Å²) < 4.78 is 0. The smallest absolute Gasteiger partial charge is 0.269 e. The van der Waals surface area contributed by atoms with Crippen molar-refractivity contribution in [2.75, 3.05) is 25.1 Å². The van der Waals surface area contributed by atoms with Gasteiger partial charge in [0.15, 0.2) is 0 Å². The Labute approximate surface area is 187 Å². The van der Waals surface area contributed by atoms with Gasteiger partial charge in [-0.1, -0.05) is 60.7 Å². The summed E-state index contributed by atoms with van der Waals surface area (Å²) >= 11 is 0. The van der Waals surface area contributed by atoms with Gasteiger partial charge in [0.05, 0.1) is 22.4 Å². The molecule has 1 saturated heterocycles. The number of hydrazone groups is 1. The number of benzene rings is 3. The summed E-state index contributed by atoms with van der Waals surface area (Å²) in [5, 5.41) is 18.3. The van der Waals surface area contributed by atoms with Crippen LogP contribution in [0.5, 0.6) is 0 Å². The number of likely N-dealkylation sites (N-methyl/N-ethyl adjacent to an activating group) is 1. The summed E-state index contributed by atoms with van der Waals surface area (Å²) in [5.41, 5.74) is 5.58. The van der Waals surface area contributed by atoms with Gasteiger partial charge in [-0.25, -0.2) is 0 Å². The largest absolute Gasteiger partial charge is 0.301 e. The molecule has 2 aliphatic heterocycles. The third kappa shape index (κ3) is 3.81. The number of nitrogens with zero attached hydrogens (tertiary/aromatic N) is 4. The highest BCUT2D eigenvalue weighted by atomic mass is 16.6. The first-order valence-electron chi connectivity index (χ1n) is 10.7. The predicted molar refractivity (Wildman–Crippen MR) is 128 cm³/mol. The van der Waals surface area contributed by atoms with Gasteiger partial charge in [-0.2, -0.15) is 5.10 Å². The lowest BCUT2D eigenvalue weighted by molar-refractivity contribution is -0.384. The van der Waals surface area contributed by atoms with Crippen LogP contribution in [0.1, 0.15) is 17.2 Å². The molecule has 6 heteroatoms. The molecule has 3 aromatic carbocycles. The van der Waals surface area contributed by atoms with E-state index in [0.29, 0.717) is 0 Å². The highest BCUT2D eigenvalue weighted by Crippen LogP contribution is 2.43. The van der Waals surface area contributed by atoms with Crippen molar-refractivity contribution in [2.45, 2.75) is 6.04 Å². The zero-order chi connectivity index (χ0) is 22.1. The molecule has 0 aliphatic carbocycles. The van der Waals surface area contributed by atoms with E-state index in [-0.39, 0.29) is 22.6 Å². The van der Waals surface area contributed by atoms with Gasteiger partial charge in [-0.05, 0) is 42.0 Å². The zero-order valence-electron chi connectivity index (χ0n) is 17.8. The molecule has 0 saturated carbocycles. The van der Waals surface area contributed by atoms with E-state index in [1.165, 1.54) is 11.1 Å². The van der Waals surface area contributed by atoms with Crippen LogP contribution in [0.2, 0.25) is 0 Å². The van der Waals surface area contributed by atoms with E-state index >= 15 is 0 Å². The van der Waals surface area contributed by atoms with Crippen LogP contribution >= 0.6 is 0 Å². The topological polar surface area (TPSA) is 62.0 Å². The fourth-order valence-corrected chi connectivity index (χ4v) is 4.67. The molecule has 1 fully saturated rings. The van der Waals surface area contributed by atoms with E-state index in [4.69, 9.17) is 5.10 Å². The lowest BCUT2D eigenvalue weighted by Crippen LogP contribution is -2.41. The summed E-state index contributed by atoms with van der Waals surface area (Å²) in [4.78, 5) is 13.1. The highest BCUT2D eigenvalue weighted by Gasteiger charge is 2.43. The Morgan fingerprint density at radius 3 is 2.28 bits per heavy atom. The van der Waals surface area contributed by atoms with Gasteiger partial charge in [-0.15, -0.1) is 0 Å². The number of nitro groups is 1. The molecule has 160 valence electrons. The first kappa shape index (κ1) is 20.2. The van der Waals surface area contributed by atoms with Gasteiger partial charge < -0.3 is 4.90 Å². The van der Waals surface area contributed by atoms with Gasteiger partial charge in [0.25, 0.3) is 5.69 Å². The number of rotatable bonds is 4. The summed E-state index contributed by atoms with van der Waals surface area (Å²) in [6, 6.07) is 27.4. The van der Waals surface area contributed by atoms with E-state index in [1.807, 2.05) is 29.3 Å². The van der Waals surface area contributed by atoms with Crippen molar-refractivity contribution >= 4 is 23.2 Å². The molecular weight excluding hydrogens is 400 g/mol. The monoisotopic (exact) mass is 424 g/mol. The van der Waals surface area contributed by atoms with Crippen LogP contribution in [0.3, 0.4) is 0 Å². The molecule has 32 heavy (non-hydrogen) atoms. The van der Waals surface area contributed by atoms with Gasteiger partial charge in [0.1, 0.15) is 0 Å². The van der Waals surface area contributed by atoms with Crippen molar-refractivity contribution in [3.63, 3.8) is 0 Å². The van der Waals surface area contributed by atoms with Crippen molar-refractivity contribution in [2.24, 2.45) is 11.0 Å². The van der Waals surface area contributed by atoms with Crippen LogP contribution in [0.15, 0.2) is 95.6 Å². The standard InChI is InChI=1S/C26H24N4O2/c1-28-17-21(16-19-8-4-2-5-9-19)25-24(18-28)26(20-10-6-3-7-11-20)29(27-25)22-12-14-23(15-13-22)30(31)32/h2-16,24,26H,17-18H2,1H3/b21-16-/t24-,26+/m1/s1. The number of anilines is 1. The molecule has 6 nitrogen and oxygen atoms in total. The predicted octanol–water partition coefficient (Wildman–Crippen LogP) is 5.16. The molecule has 3 aromatic rings. The quantitative estimate of drug-likeness (QED) is 0.429. The average Bonchev–Trinajstić information content (AvgIpc) is 3.20. The van der Waals surface area contributed by atoms with E-state index in [9.17, 15) is 10.1 Å². The number of fused-ring (bicyclic) bond motifs is 1. The van der Waals surface area contributed by atoms with Crippen molar-refractivity contribution < 1.29 is 4.92 Å². The maximum atomic E-state index is 11.1. The van der Waals surface area contributed by atoms with Gasteiger partial charge in [-0.3, -0.25) is 15.1 Å². The number of hydrogen-bond donors (Lipinski definition) is 0. The second-order valence-corrected chi connectivity index (χ2v) is 8.34. The van der Waals surface area contributed by atoms with Crippen molar-refractivity contribution in [3.05, 3.63) is 112 Å². The highest BCUT2D eigenvalue weighted by molar-refractivity contribution is 6.08. The maximum Gasteiger partial charge on any atom is 0.269 e. The lowest BCUT2D eigenvalue weighted by atomic mass is 9.83. The molecule has 0 bridgehead atoms. The van der Waals surface area contributed by atoms with Crippen molar-refractivity contribution in [1.82, 2.24) is 4.90 Å². The third-order valence-corrected chi connectivity index (χ3v) is 6.10. The molecule has 0 amide bonds. The van der Waals surface area contributed by atoms with E-state index in [0.717, 1.165) is 30.1 Å². The molecule has 2 atom stereocenters. The second kappa shape index (κ2) is 8.40. The number of non-ortho nitro benzene ring substituents is 1. The second-order valence-electron chi connectivity index (χ2n) is 8.34. The Bertz CT molecular complexity index is 1170. The van der Waals surface area contributed by atoms with E-state index in [2.05, 4.69) is 54.4 Å². The Kier molecular flexibility index (Phi) is 5.29. The van der Waals surface area contributed by atoms with Crippen LogP contribution in [0, 0.1) is 16.0 Å². The van der Waals surface area contributed by atoms with Crippen LogP contribution in [0.4, 0.5) is 11.4 Å². The van der Waals surface area contributed by atoms with E-state index < -0.39 is 0 Å². The van der Waals surface area contributed by atoms with Gasteiger partial charge >= 0.3 is 0 Å². The summed E-state index contributed by atoms with van der Waals surface area (Å²) in [6.45, 7) is 1.73. The third-order valence-electron chi connectivity index (χ3n) is 6.10. The van der Waals surface area contributed by atoms with Crippen LogP contribution < -0.4 is 5.01 Å². The van der Waals surface area contributed by atoms with Crippen LogP contribution in [-0.4, -0.2) is 35.7 Å². The Morgan fingerprint density at radius 2 is 1.62 bits per heavy atom. The molecule has 0 unspecified atom stereocenters. The Hall–Kier alpha value is -3.77. The first-order chi connectivity index (χ1) is 15.6. The molecule has 2 heterocycles. The molecule has 0 spiro atoms. The van der Waals surface area contributed by atoms with Crippen molar-refractivity contribution in [3.8, 4) is 0 Å². The normalized spacial score (nSPS) is 22.0. The summed E-state index contributed by atoms with van der Waals surface area (Å²) in [5.74, 6) is 0.196. The number of hydrogen-bond acceptors (Lipinski definition) is 5. The minimum Gasteiger partial charge on any atom is -0.301 e. The number of nitro benzene ring substituents is 1.